The minimum Gasteiger partial charge on any atom is -0.466 e. The molecule has 29 heavy (non-hydrogen) atoms. The average Bonchev–Trinajstić information content (AvgIpc) is 2.74. The first kappa shape index (κ1) is 21.1. The number of anilines is 3. The number of rotatable bonds is 6. The second-order valence-electron chi connectivity index (χ2n) is 7.51. The molecule has 160 valence electrons. The molecule has 0 bridgehead atoms. The second kappa shape index (κ2) is 9.76. The number of aromatic nitrogens is 2. The van der Waals surface area contributed by atoms with Gasteiger partial charge in [-0.25, -0.2) is 9.97 Å². The summed E-state index contributed by atoms with van der Waals surface area (Å²) in [5.41, 5.74) is 6.95. The zero-order valence-corrected chi connectivity index (χ0v) is 17.3. The molecule has 1 aromatic rings. The molecule has 2 atom stereocenters. The van der Waals surface area contributed by atoms with Crippen LogP contribution in [0.5, 0.6) is 0 Å². The van der Waals surface area contributed by atoms with Gasteiger partial charge in [-0.1, -0.05) is 0 Å². The van der Waals surface area contributed by atoms with E-state index in [1.54, 1.807) is 0 Å². The Bertz CT molecular complexity index is 673. The van der Waals surface area contributed by atoms with E-state index in [2.05, 4.69) is 9.97 Å². The first-order valence-corrected chi connectivity index (χ1v) is 10.5. The van der Waals surface area contributed by atoms with Crippen molar-refractivity contribution in [2.45, 2.75) is 39.5 Å². The van der Waals surface area contributed by atoms with Crippen molar-refractivity contribution in [1.29, 1.82) is 0 Å². The Labute approximate surface area is 171 Å². The van der Waals surface area contributed by atoms with E-state index in [1.807, 2.05) is 23.6 Å². The van der Waals surface area contributed by atoms with Crippen LogP contribution in [0.25, 0.3) is 0 Å². The lowest BCUT2D eigenvalue weighted by atomic mass is 9.97. The van der Waals surface area contributed by atoms with E-state index in [0.717, 1.165) is 38.8 Å². The van der Waals surface area contributed by atoms with E-state index in [9.17, 15) is 9.59 Å². The molecule has 9 nitrogen and oxygen atoms in total. The van der Waals surface area contributed by atoms with Gasteiger partial charge in [0, 0.05) is 26.2 Å². The molecule has 0 amide bonds. The van der Waals surface area contributed by atoms with Gasteiger partial charge in [-0.15, -0.1) is 0 Å². The van der Waals surface area contributed by atoms with Gasteiger partial charge in [0.15, 0.2) is 11.6 Å². The molecule has 2 N–H and O–H groups in total. The number of hydrogen-bond acceptors (Lipinski definition) is 9. The molecule has 2 fully saturated rings. The number of nitrogens with zero attached hydrogens (tertiary/aromatic N) is 4. The van der Waals surface area contributed by atoms with E-state index >= 15 is 0 Å². The van der Waals surface area contributed by atoms with E-state index in [-0.39, 0.29) is 23.8 Å². The van der Waals surface area contributed by atoms with Crippen LogP contribution in [-0.4, -0.2) is 61.3 Å². The third-order valence-corrected chi connectivity index (χ3v) is 5.52. The summed E-state index contributed by atoms with van der Waals surface area (Å²) in [5.74, 6) is 0.593. The Morgan fingerprint density at radius 1 is 0.966 bits per heavy atom. The molecule has 0 radical (unpaired) electrons. The largest absolute Gasteiger partial charge is 0.466 e. The first-order valence-electron chi connectivity index (χ1n) is 10.5. The Kier molecular flexibility index (Phi) is 7.11. The van der Waals surface area contributed by atoms with E-state index in [4.69, 9.17) is 15.2 Å². The van der Waals surface area contributed by atoms with Crippen molar-refractivity contribution in [3.05, 3.63) is 6.33 Å². The highest BCUT2D eigenvalue weighted by Crippen LogP contribution is 2.34. The van der Waals surface area contributed by atoms with Gasteiger partial charge in [0.2, 0.25) is 0 Å². The van der Waals surface area contributed by atoms with Crippen molar-refractivity contribution >= 4 is 29.3 Å². The number of carbonyl (C=O) groups is 2. The SMILES string of the molecule is CCOC(=O)C1CCCN(c2ncnc(N3CCCC(C(=O)OCC)C3)c2N)C1. The Hall–Kier alpha value is -2.58. The van der Waals surface area contributed by atoms with Gasteiger partial charge in [0.1, 0.15) is 12.0 Å². The minimum atomic E-state index is -0.176. The maximum atomic E-state index is 12.2. The van der Waals surface area contributed by atoms with E-state index in [0.29, 0.717) is 43.6 Å². The zero-order valence-electron chi connectivity index (χ0n) is 17.3. The molecule has 2 saturated heterocycles. The van der Waals surface area contributed by atoms with Crippen LogP contribution >= 0.6 is 0 Å². The van der Waals surface area contributed by atoms with Crippen LogP contribution in [0.2, 0.25) is 0 Å². The van der Waals surface area contributed by atoms with Gasteiger partial charge in [0.05, 0.1) is 25.0 Å². The summed E-state index contributed by atoms with van der Waals surface area (Å²) >= 11 is 0. The Morgan fingerprint density at radius 3 is 1.83 bits per heavy atom. The summed E-state index contributed by atoms with van der Waals surface area (Å²) < 4.78 is 10.4. The summed E-state index contributed by atoms with van der Waals surface area (Å²) in [6.45, 7) is 7.02. The molecule has 2 aliphatic rings. The van der Waals surface area contributed by atoms with Crippen LogP contribution in [-0.2, 0) is 19.1 Å². The number of ether oxygens (including phenoxy) is 2. The van der Waals surface area contributed by atoms with Gasteiger partial charge in [0.25, 0.3) is 0 Å². The van der Waals surface area contributed by atoms with Crippen LogP contribution in [0, 0.1) is 11.8 Å². The summed E-state index contributed by atoms with van der Waals surface area (Å²) in [4.78, 5) is 37.2. The molecule has 0 aromatic carbocycles. The van der Waals surface area contributed by atoms with Crippen molar-refractivity contribution in [2.75, 3.05) is 54.9 Å². The van der Waals surface area contributed by atoms with Crippen LogP contribution in [0.1, 0.15) is 39.5 Å². The molecular weight excluding hydrogens is 374 g/mol. The van der Waals surface area contributed by atoms with E-state index in [1.165, 1.54) is 6.33 Å². The number of nitrogen functional groups attached to an aromatic ring is 1. The molecule has 1 aromatic heterocycles. The summed E-state index contributed by atoms with van der Waals surface area (Å²) in [7, 11) is 0. The highest BCUT2D eigenvalue weighted by atomic mass is 16.5. The maximum Gasteiger partial charge on any atom is 0.310 e. The predicted molar refractivity (Wildman–Crippen MR) is 110 cm³/mol. The number of hydrogen-bond donors (Lipinski definition) is 1. The molecule has 0 spiro atoms. The molecule has 2 aliphatic heterocycles. The third kappa shape index (κ3) is 4.89. The van der Waals surface area contributed by atoms with Gasteiger partial charge in [-0.3, -0.25) is 9.59 Å². The van der Waals surface area contributed by atoms with Gasteiger partial charge < -0.3 is 25.0 Å². The lowest BCUT2D eigenvalue weighted by Gasteiger charge is -2.36. The molecule has 9 heteroatoms. The highest BCUT2D eigenvalue weighted by molar-refractivity contribution is 5.79. The van der Waals surface area contributed by atoms with Crippen molar-refractivity contribution in [1.82, 2.24) is 9.97 Å². The topological polar surface area (TPSA) is 111 Å². The summed E-state index contributed by atoms with van der Waals surface area (Å²) in [5, 5.41) is 0. The van der Waals surface area contributed by atoms with Crippen LogP contribution < -0.4 is 15.5 Å². The standard InChI is InChI=1S/C20H31N5O4/c1-3-28-19(26)14-7-5-9-24(11-14)17-16(21)18(23-13-22-17)25-10-6-8-15(12-25)20(27)29-4-2/h13-15H,3-12,21H2,1-2H3. The number of carbonyl (C=O) groups excluding carboxylic acids is 2. The van der Waals surface area contributed by atoms with Gasteiger partial charge in [-0.05, 0) is 39.5 Å². The van der Waals surface area contributed by atoms with Crippen molar-refractivity contribution in [3.63, 3.8) is 0 Å². The van der Waals surface area contributed by atoms with Gasteiger partial charge >= 0.3 is 11.9 Å². The van der Waals surface area contributed by atoms with E-state index < -0.39 is 0 Å². The van der Waals surface area contributed by atoms with Crippen LogP contribution in [0.3, 0.4) is 0 Å². The van der Waals surface area contributed by atoms with Crippen molar-refractivity contribution in [3.8, 4) is 0 Å². The third-order valence-electron chi connectivity index (χ3n) is 5.52. The van der Waals surface area contributed by atoms with Crippen LogP contribution in [0.4, 0.5) is 17.3 Å². The first-order chi connectivity index (χ1) is 14.0. The average molecular weight is 405 g/mol. The Morgan fingerprint density at radius 2 is 1.41 bits per heavy atom. The summed E-state index contributed by atoms with van der Waals surface area (Å²) in [6, 6.07) is 0. The molecule has 0 saturated carbocycles. The number of piperidine rings is 2. The fraction of sp³-hybridized carbons (Fsp3) is 0.700. The zero-order chi connectivity index (χ0) is 20.8. The fourth-order valence-electron chi connectivity index (χ4n) is 4.13. The second-order valence-corrected chi connectivity index (χ2v) is 7.51. The quantitative estimate of drug-likeness (QED) is 0.706. The molecule has 0 aliphatic carbocycles. The van der Waals surface area contributed by atoms with Gasteiger partial charge in [-0.2, -0.15) is 0 Å². The fourth-order valence-corrected chi connectivity index (χ4v) is 4.13. The van der Waals surface area contributed by atoms with Crippen LogP contribution in [0.15, 0.2) is 6.33 Å². The molecular formula is C20H31N5O4. The predicted octanol–water partition coefficient (Wildman–Crippen LogP) is 1.62. The molecule has 3 heterocycles. The number of nitrogens with two attached hydrogens (primary N) is 1. The lowest BCUT2D eigenvalue weighted by molar-refractivity contribution is -0.149. The van der Waals surface area contributed by atoms with Crippen molar-refractivity contribution < 1.29 is 19.1 Å². The highest BCUT2D eigenvalue weighted by Gasteiger charge is 2.32. The summed E-state index contributed by atoms with van der Waals surface area (Å²) in [6.07, 6.45) is 4.86. The smallest absolute Gasteiger partial charge is 0.310 e. The Balaban J connectivity index is 1.75. The monoisotopic (exact) mass is 405 g/mol. The molecule has 3 rings (SSSR count). The lowest BCUT2D eigenvalue weighted by Crippen LogP contribution is -2.42. The number of esters is 2. The maximum absolute atomic E-state index is 12.2. The normalized spacial score (nSPS) is 22.3. The van der Waals surface area contributed by atoms with Crippen molar-refractivity contribution in [2.24, 2.45) is 11.8 Å². The molecule has 2 unspecified atom stereocenters. The minimum absolute atomic E-state index is 0.168.